The van der Waals surface area contributed by atoms with Crippen LogP contribution in [0.25, 0.3) is 0 Å². The molecule has 0 heterocycles. The standard InChI is InChI=1S/C23H30O2/c1-3-4-5-6-7-14-19-25-23(20(2)24,21-15-10-8-11-16-21)22-17-12-9-13-18-22/h8-13,15-18H,3-7,14,19H2,1-2H3. The van der Waals surface area contributed by atoms with Crippen LogP contribution < -0.4 is 0 Å². The molecule has 2 nitrogen and oxygen atoms in total. The minimum absolute atomic E-state index is 0.0240. The Hall–Kier alpha value is -1.93. The van der Waals surface area contributed by atoms with Crippen LogP contribution in [-0.4, -0.2) is 12.4 Å². The van der Waals surface area contributed by atoms with Gasteiger partial charge in [-0.3, -0.25) is 4.79 Å². The first-order valence-electron chi connectivity index (χ1n) is 9.48. The fraction of sp³-hybridized carbons (Fsp3) is 0.435. The second-order valence-corrected chi connectivity index (χ2v) is 6.59. The van der Waals surface area contributed by atoms with Crippen molar-refractivity contribution in [2.24, 2.45) is 0 Å². The Labute approximate surface area is 152 Å². The lowest BCUT2D eigenvalue weighted by atomic mass is 9.83. The molecule has 0 unspecified atom stereocenters. The summed E-state index contributed by atoms with van der Waals surface area (Å²) in [6.45, 7) is 4.45. The molecular formula is C23H30O2. The third kappa shape index (κ3) is 5.02. The molecule has 0 saturated carbocycles. The fourth-order valence-electron chi connectivity index (χ4n) is 3.29. The molecule has 25 heavy (non-hydrogen) atoms. The van der Waals surface area contributed by atoms with Crippen LogP contribution in [0.1, 0.15) is 63.5 Å². The van der Waals surface area contributed by atoms with Crippen molar-refractivity contribution in [3.8, 4) is 0 Å². The van der Waals surface area contributed by atoms with Crippen LogP contribution in [-0.2, 0) is 15.1 Å². The van der Waals surface area contributed by atoms with E-state index in [0.29, 0.717) is 6.61 Å². The average molecular weight is 338 g/mol. The second kappa shape index (κ2) is 10.1. The number of hydrogen-bond donors (Lipinski definition) is 0. The number of hydrogen-bond acceptors (Lipinski definition) is 2. The number of ketones is 1. The van der Waals surface area contributed by atoms with E-state index in [4.69, 9.17) is 4.74 Å². The third-order valence-electron chi connectivity index (χ3n) is 4.67. The maximum absolute atomic E-state index is 12.7. The highest BCUT2D eigenvalue weighted by atomic mass is 16.5. The highest BCUT2D eigenvalue weighted by molar-refractivity contribution is 5.90. The van der Waals surface area contributed by atoms with Crippen molar-refractivity contribution in [3.05, 3.63) is 71.8 Å². The van der Waals surface area contributed by atoms with E-state index >= 15 is 0 Å². The summed E-state index contributed by atoms with van der Waals surface area (Å²) in [5.74, 6) is 0.0240. The van der Waals surface area contributed by atoms with Gasteiger partial charge in [0.2, 0.25) is 0 Å². The van der Waals surface area contributed by atoms with Crippen molar-refractivity contribution < 1.29 is 9.53 Å². The summed E-state index contributed by atoms with van der Waals surface area (Å²) in [4.78, 5) is 12.7. The third-order valence-corrected chi connectivity index (χ3v) is 4.67. The number of rotatable bonds is 11. The Bertz CT molecular complexity index is 580. The summed E-state index contributed by atoms with van der Waals surface area (Å²) in [5, 5.41) is 0. The van der Waals surface area contributed by atoms with Gasteiger partial charge in [0.15, 0.2) is 11.4 Å². The zero-order valence-corrected chi connectivity index (χ0v) is 15.5. The Morgan fingerprint density at radius 2 is 1.28 bits per heavy atom. The van der Waals surface area contributed by atoms with Crippen LogP contribution in [0.15, 0.2) is 60.7 Å². The summed E-state index contributed by atoms with van der Waals surface area (Å²) >= 11 is 0. The number of unbranched alkanes of at least 4 members (excludes halogenated alkanes) is 5. The van der Waals surface area contributed by atoms with Crippen LogP contribution >= 0.6 is 0 Å². The lowest BCUT2D eigenvalue weighted by Crippen LogP contribution is -2.39. The highest BCUT2D eigenvalue weighted by Crippen LogP contribution is 2.35. The van der Waals surface area contributed by atoms with Gasteiger partial charge in [0, 0.05) is 6.61 Å². The van der Waals surface area contributed by atoms with Gasteiger partial charge in [0.25, 0.3) is 0 Å². The lowest BCUT2D eigenvalue weighted by molar-refractivity contribution is -0.138. The predicted octanol–water partition coefficient (Wildman–Crippen LogP) is 5.90. The minimum atomic E-state index is -1.01. The molecule has 0 aliphatic rings. The molecule has 2 heteroatoms. The summed E-state index contributed by atoms with van der Waals surface area (Å²) in [6.07, 6.45) is 7.21. The summed E-state index contributed by atoms with van der Waals surface area (Å²) in [5.41, 5.74) is 0.797. The monoisotopic (exact) mass is 338 g/mol. The summed E-state index contributed by atoms with van der Waals surface area (Å²) in [7, 11) is 0. The zero-order chi connectivity index (χ0) is 18.0. The molecule has 0 aromatic heterocycles. The van der Waals surface area contributed by atoms with Gasteiger partial charge in [-0.25, -0.2) is 0 Å². The topological polar surface area (TPSA) is 26.3 Å². The number of benzene rings is 2. The molecule has 0 saturated heterocycles. The Kier molecular flexibility index (Phi) is 7.87. The molecule has 2 rings (SSSR count). The van der Waals surface area contributed by atoms with Crippen LogP contribution in [0.3, 0.4) is 0 Å². The maximum atomic E-state index is 12.7. The van der Waals surface area contributed by atoms with Crippen molar-refractivity contribution >= 4 is 5.78 Å². The molecule has 0 bridgehead atoms. The van der Waals surface area contributed by atoms with Gasteiger partial charge in [0.05, 0.1) is 0 Å². The number of Topliss-reactive ketones (excluding diaryl/α,β-unsaturated/α-hetero) is 1. The first kappa shape index (κ1) is 19.4. The van der Waals surface area contributed by atoms with Crippen LogP contribution in [0.2, 0.25) is 0 Å². The fourth-order valence-corrected chi connectivity index (χ4v) is 3.29. The minimum Gasteiger partial charge on any atom is -0.358 e. The molecule has 0 aliphatic heterocycles. The van der Waals surface area contributed by atoms with Crippen LogP contribution in [0, 0.1) is 0 Å². The van der Waals surface area contributed by atoms with Gasteiger partial charge in [-0.15, -0.1) is 0 Å². The van der Waals surface area contributed by atoms with Crippen LogP contribution in [0.4, 0.5) is 0 Å². The van der Waals surface area contributed by atoms with Crippen molar-refractivity contribution in [1.82, 2.24) is 0 Å². The Balaban J connectivity index is 2.16. The predicted molar refractivity (Wildman–Crippen MR) is 104 cm³/mol. The van der Waals surface area contributed by atoms with E-state index in [0.717, 1.165) is 24.0 Å². The molecule has 0 radical (unpaired) electrons. The van der Waals surface area contributed by atoms with Gasteiger partial charge in [-0.2, -0.15) is 0 Å². The molecule has 134 valence electrons. The number of ether oxygens (including phenoxy) is 1. The maximum Gasteiger partial charge on any atom is 0.176 e. The average Bonchev–Trinajstić information content (AvgIpc) is 2.65. The smallest absolute Gasteiger partial charge is 0.176 e. The van der Waals surface area contributed by atoms with E-state index in [1.165, 1.54) is 25.7 Å². The molecule has 0 aliphatic carbocycles. The van der Waals surface area contributed by atoms with E-state index in [1.54, 1.807) is 6.92 Å². The molecule has 0 atom stereocenters. The van der Waals surface area contributed by atoms with Crippen molar-refractivity contribution in [2.75, 3.05) is 6.61 Å². The number of carbonyl (C=O) groups is 1. The SMILES string of the molecule is CCCCCCCCOC(C(C)=O)(c1ccccc1)c1ccccc1. The van der Waals surface area contributed by atoms with Crippen molar-refractivity contribution in [2.45, 2.75) is 58.0 Å². The largest absolute Gasteiger partial charge is 0.358 e. The van der Waals surface area contributed by atoms with Gasteiger partial charge in [-0.05, 0) is 24.5 Å². The van der Waals surface area contributed by atoms with Crippen molar-refractivity contribution in [1.29, 1.82) is 0 Å². The molecule has 0 amide bonds. The highest BCUT2D eigenvalue weighted by Gasteiger charge is 2.40. The van der Waals surface area contributed by atoms with Gasteiger partial charge >= 0.3 is 0 Å². The number of carbonyl (C=O) groups excluding carboxylic acids is 1. The van der Waals surface area contributed by atoms with Gasteiger partial charge in [0.1, 0.15) is 0 Å². The summed E-state index contributed by atoms with van der Waals surface area (Å²) in [6, 6.07) is 19.7. The van der Waals surface area contributed by atoms with E-state index in [9.17, 15) is 4.79 Å². The van der Waals surface area contributed by atoms with Gasteiger partial charge < -0.3 is 4.74 Å². The Morgan fingerprint density at radius 3 is 1.76 bits per heavy atom. The first-order chi connectivity index (χ1) is 12.2. The zero-order valence-electron chi connectivity index (χ0n) is 15.5. The summed E-state index contributed by atoms with van der Waals surface area (Å²) < 4.78 is 6.32. The van der Waals surface area contributed by atoms with Crippen molar-refractivity contribution in [3.63, 3.8) is 0 Å². The van der Waals surface area contributed by atoms with E-state index < -0.39 is 5.60 Å². The molecule has 2 aromatic rings. The van der Waals surface area contributed by atoms with Crippen LogP contribution in [0.5, 0.6) is 0 Å². The Morgan fingerprint density at radius 1 is 0.800 bits per heavy atom. The molecule has 0 spiro atoms. The molecular weight excluding hydrogens is 308 g/mol. The van der Waals surface area contributed by atoms with E-state index in [-0.39, 0.29) is 5.78 Å². The first-order valence-corrected chi connectivity index (χ1v) is 9.48. The quantitative estimate of drug-likeness (QED) is 0.477. The van der Waals surface area contributed by atoms with E-state index in [1.807, 2.05) is 60.7 Å². The van der Waals surface area contributed by atoms with Gasteiger partial charge in [-0.1, -0.05) is 99.7 Å². The molecule has 2 aromatic carbocycles. The normalized spacial score (nSPS) is 11.4. The second-order valence-electron chi connectivity index (χ2n) is 6.59. The molecule has 0 fully saturated rings. The van der Waals surface area contributed by atoms with E-state index in [2.05, 4.69) is 6.92 Å². The lowest BCUT2D eigenvalue weighted by Gasteiger charge is -2.32. The molecule has 0 N–H and O–H groups in total.